The minimum Gasteiger partial charge on any atom is -0.340 e. The highest BCUT2D eigenvalue weighted by Gasteiger charge is 2.47. The molecule has 2 aliphatic rings. The Labute approximate surface area is 114 Å². The predicted octanol–water partition coefficient (Wildman–Crippen LogP) is 2.06. The zero-order valence-corrected chi connectivity index (χ0v) is 11.3. The molecule has 0 bridgehead atoms. The van der Waals surface area contributed by atoms with Crippen LogP contribution in [0.2, 0.25) is 0 Å². The van der Waals surface area contributed by atoms with Crippen LogP contribution in [0.4, 0.5) is 0 Å². The smallest absolute Gasteiger partial charge is 0.233 e. The average molecular weight is 258 g/mol. The first-order chi connectivity index (χ1) is 9.22. The number of piperidine rings is 1. The number of amides is 1. The van der Waals surface area contributed by atoms with Crippen molar-refractivity contribution in [1.82, 2.24) is 4.90 Å². The van der Waals surface area contributed by atoms with Gasteiger partial charge in [-0.05, 0) is 31.2 Å². The van der Waals surface area contributed by atoms with E-state index in [2.05, 4.69) is 12.1 Å². The number of benzene rings is 1. The standard InChI is InChI=1S/C16H22N2O/c17-14-8-4-11-18(12-14)15(19)16(9-5-10-16)13-6-2-1-3-7-13/h1-3,6-7,14H,4-5,8-12,17H2. The zero-order chi connectivity index (χ0) is 13.3. The van der Waals surface area contributed by atoms with Crippen molar-refractivity contribution in [1.29, 1.82) is 0 Å². The van der Waals surface area contributed by atoms with E-state index in [0.29, 0.717) is 5.91 Å². The number of rotatable bonds is 2. The molecule has 1 heterocycles. The van der Waals surface area contributed by atoms with Gasteiger partial charge in [0.05, 0.1) is 5.41 Å². The Bertz CT molecular complexity index is 453. The van der Waals surface area contributed by atoms with Gasteiger partial charge in [-0.1, -0.05) is 36.8 Å². The lowest BCUT2D eigenvalue weighted by Gasteiger charge is -2.45. The van der Waals surface area contributed by atoms with Crippen LogP contribution < -0.4 is 5.73 Å². The Morgan fingerprint density at radius 2 is 1.95 bits per heavy atom. The van der Waals surface area contributed by atoms with Crippen LogP contribution in [-0.2, 0) is 10.2 Å². The second kappa shape index (κ2) is 4.97. The predicted molar refractivity (Wildman–Crippen MR) is 75.8 cm³/mol. The minimum atomic E-state index is -0.252. The molecule has 1 atom stereocenters. The van der Waals surface area contributed by atoms with Crippen molar-refractivity contribution in [3.63, 3.8) is 0 Å². The lowest BCUT2D eigenvalue weighted by Crippen LogP contribution is -2.55. The van der Waals surface area contributed by atoms with Crippen molar-refractivity contribution in [2.24, 2.45) is 5.73 Å². The molecule has 1 aliphatic carbocycles. The van der Waals surface area contributed by atoms with Crippen molar-refractivity contribution < 1.29 is 4.79 Å². The summed E-state index contributed by atoms with van der Waals surface area (Å²) >= 11 is 0. The van der Waals surface area contributed by atoms with Gasteiger partial charge in [-0.25, -0.2) is 0 Å². The van der Waals surface area contributed by atoms with Gasteiger partial charge < -0.3 is 10.6 Å². The summed E-state index contributed by atoms with van der Waals surface area (Å²) in [6.07, 6.45) is 5.21. The first-order valence-corrected chi connectivity index (χ1v) is 7.33. The van der Waals surface area contributed by atoms with Gasteiger partial charge in [0.15, 0.2) is 0 Å². The summed E-state index contributed by atoms with van der Waals surface area (Å²) in [7, 11) is 0. The van der Waals surface area contributed by atoms with Crippen molar-refractivity contribution in [3.8, 4) is 0 Å². The summed E-state index contributed by atoms with van der Waals surface area (Å²) in [6, 6.07) is 10.4. The largest absolute Gasteiger partial charge is 0.340 e. The molecule has 3 rings (SSSR count). The highest BCUT2D eigenvalue weighted by atomic mass is 16.2. The van der Waals surface area contributed by atoms with E-state index in [0.717, 1.165) is 45.2 Å². The van der Waals surface area contributed by atoms with Crippen LogP contribution in [0.15, 0.2) is 30.3 Å². The fourth-order valence-electron chi connectivity index (χ4n) is 3.41. The molecule has 1 aromatic carbocycles. The van der Waals surface area contributed by atoms with E-state index < -0.39 is 0 Å². The highest BCUT2D eigenvalue weighted by Crippen LogP contribution is 2.45. The zero-order valence-electron chi connectivity index (χ0n) is 11.3. The van der Waals surface area contributed by atoms with Gasteiger partial charge in [-0.15, -0.1) is 0 Å². The van der Waals surface area contributed by atoms with E-state index in [1.807, 2.05) is 23.1 Å². The number of likely N-dealkylation sites (tertiary alicyclic amines) is 1. The molecular weight excluding hydrogens is 236 g/mol. The molecule has 2 N–H and O–H groups in total. The van der Waals surface area contributed by atoms with Crippen LogP contribution >= 0.6 is 0 Å². The van der Waals surface area contributed by atoms with Crippen molar-refractivity contribution in [2.45, 2.75) is 43.6 Å². The van der Waals surface area contributed by atoms with Crippen molar-refractivity contribution >= 4 is 5.91 Å². The molecule has 2 fully saturated rings. The number of hydrogen-bond donors (Lipinski definition) is 1. The quantitative estimate of drug-likeness (QED) is 0.882. The third-order valence-corrected chi connectivity index (χ3v) is 4.69. The van der Waals surface area contributed by atoms with Crippen molar-refractivity contribution in [3.05, 3.63) is 35.9 Å². The van der Waals surface area contributed by atoms with Crippen LogP contribution in [0, 0.1) is 0 Å². The molecule has 102 valence electrons. The van der Waals surface area contributed by atoms with Gasteiger partial charge in [-0.3, -0.25) is 4.79 Å². The first kappa shape index (κ1) is 12.7. The third-order valence-electron chi connectivity index (χ3n) is 4.69. The highest BCUT2D eigenvalue weighted by molar-refractivity contribution is 5.89. The van der Waals surface area contributed by atoms with E-state index >= 15 is 0 Å². The normalized spacial score (nSPS) is 25.7. The van der Waals surface area contributed by atoms with Crippen molar-refractivity contribution in [2.75, 3.05) is 13.1 Å². The average Bonchev–Trinajstić information content (AvgIpc) is 2.38. The minimum absolute atomic E-state index is 0.158. The summed E-state index contributed by atoms with van der Waals surface area (Å²) in [4.78, 5) is 14.9. The van der Waals surface area contributed by atoms with Crippen LogP contribution in [0.3, 0.4) is 0 Å². The van der Waals surface area contributed by atoms with E-state index in [1.54, 1.807) is 0 Å². The molecule has 0 radical (unpaired) electrons. The topological polar surface area (TPSA) is 46.3 Å². The summed E-state index contributed by atoms with van der Waals surface area (Å²) in [5, 5.41) is 0. The fraction of sp³-hybridized carbons (Fsp3) is 0.562. The van der Waals surface area contributed by atoms with Crippen LogP contribution in [0.25, 0.3) is 0 Å². The van der Waals surface area contributed by atoms with Crippen LogP contribution in [0.1, 0.15) is 37.7 Å². The van der Waals surface area contributed by atoms with Gasteiger partial charge in [0.2, 0.25) is 5.91 Å². The van der Waals surface area contributed by atoms with E-state index in [4.69, 9.17) is 5.73 Å². The third kappa shape index (κ3) is 2.16. The van der Waals surface area contributed by atoms with E-state index in [1.165, 1.54) is 5.56 Å². The lowest BCUT2D eigenvalue weighted by molar-refractivity contribution is -0.142. The number of nitrogens with zero attached hydrogens (tertiary/aromatic N) is 1. The second-order valence-corrected chi connectivity index (χ2v) is 5.96. The van der Waals surface area contributed by atoms with Gasteiger partial charge in [0.25, 0.3) is 0 Å². The Morgan fingerprint density at radius 1 is 1.21 bits per heavy atom. The van der Waals surface area contributed by atoms with Gasteiger partial charge in [0.1, 0.15) is 0 Å². The molecule has 1 saturated heterocycles. The monoisotopic (exact) mass is 258 g/mol. The van der Waals surface area contributed by atoms with Gasteiger partial charge in [-0.2, -0.15) is 0 Å². The fourth-order valence-corrected chi connectivity index (χ4v) is 3.41. The number of carbonyl (C=O) groups excluding carboxylic acids is 1. The molecule has 0 spiro atoms. The first-order valence-electron chi connectivity index (χ1n) is 7.33. The maximum Gasteiger partial charge on any atom is 0.233 e. The SMILES string of the molecule is NC1CCCN(C(=O)C2(c3ccccc3)CCC2)C1. The molecule has 1 saturated carbocycles. The Kier molecular flexibility index (Phi) is 3.31. The Hall–Kier alpha value is -1.35. The maximum absolute atomic E-state index is 12.9. The second-order valence-electron chi connectivity index (χ2n) is 5.96. The molecule has 1 unspecified atom stereocenters. The summed E-state index contributed by atoms with van der Waals surface area (Å²) in [6.45, 7) is 1.61. The van der Waals surface area contributed by atoms with E-state index in [9.17, 15) is 4.79 Å². The molecular formula is C16H22N2O. The maximum atomic E-state index is 12.9. The summed E-state index contributed by atoms with van der Waals surface area (Å²) in [5.41, 5.74) is 6.94. The van der Waals surface area contributed by atoms with Crippen LogP contribution in [0.5, 0.6) is 0 Å². The molecule has 1 aliphatic heterocycles. The molecule has 3 nitrogen and oxygen atoms in total. The number of hydrogen-bond acceptors (Lipinski definition) is 2. The number of nitrogens with two attached hydrogens (primary N) is 1. The Morgan fingerprint density at radius 3 is 2.53 bits per heavy atom. The molecule has 1 aromatic rings. The summed E-state index contributed by atoms with van der Waals surface area (Å²) in [5.74, 6) is 0.306. The Balaban J connectivity index is 1.84. The molecule has 3 heteroatoms. The summed E-state index contributed by atoms with van der Waals surface area (Å²) < 4.78 is 0. The molecule has 0 aromatic heterocycles. The molecule has 19 heavy (non-hydrogen) atoms. The molecule has 1 amide bonds. The lowest BCUT2D eigenvalue weighted by atomic mass is 9.63. The number of carbonyl (C=O) groups is 1. The van der Waals surface area contributed by atoms with E-state index in [-0.39, 0.29) is 11.5 Å². The van der Waals surface area contributed by atoms with Gasteiger partial charge >= 0.3 is 0 Å². The van der Waals surface area contributed by atoms with Gasteiger partial charge in [0, 0.05) is 19.1 Å². The van der Waals surface area contributed by atoms with Crippen LogP contribution in [-0.4, -0.2) is 29.9 Å².